The van der Waals surface area contributed by atoms with Gasteiger partial charge in [-0.05, 0) is 24.6 Å². The average molecular weight is 246 g/mol. The summed E-state index contributed by atoms with van der Waals surface area (Å²) in [6.45, 7) is 2.43. The summed E-state index contributed by atoms with van der Waals surface area (Å²) < 4.78 is 0.984. The van der Waals surface area contributed by atoms with Crippen LogP contribution in [0, 0.1) is 6.92 Å². The van der Waals surface area contributed by atoms with E-state index in [9.17, 15) is 5.11 Å². The van der Waals surface area contributed by atoms with Crippen LogP contribution in [0.15, 0.2) is 16.6 Å². The Balaban J connectivity index is 2.96. The molecule has 0 saturated heterocycles. The van der Waals surface area contributed by atoms with Crippen LogP contribution in [0.25, 0.3) is 0 Å². The zero-order chi connectivity index (χ0) is 9.84. The van der Waals surface area contributed by atoms with Crippen LogP contribution in [0.2, 0.25) is 0 Å². The maximum atomic E-state index is 9.53. The normalized spacial score (nSPS) is 10.4. The highest BCUT2D eigenvalue weighted by Crippen LogP contribution is 2.27. The number of rotatable bonds is 3. The number of hydroxylamine groups is 1. The van der Waals surface area contributed by atoms with E-state index in [0.717, 1.165) is 15.6 Å². The van der Waals surface area contributed by atoms with Gasteiger partial charge in [-0.2, -0.15) is 5.48 Å². The summed E-state index contributed by atoms with van der Waals surface area (Å²) in [5.74, 6) is 0.283. The molecule has 4 heteroatoms. The molecule has 0 aliphatic heterocycles. The predicted octanol–water partition coefficient (Wildman–Crippen LogP) is 2.11. The van der Waals surface area contributed by atoms with Gasteiger partial charge in [-0.1, -0.05) is 15.9 Å². The summed E-state index contributed by atoms with van der Waals surface area (Å²) in [5.41, 5.74) is 4.55. The Morgan fingerprint density at radius 2 is 2.23 bits per heavy atom. The molecule has 0 bridgehead atoms. The van der Waals surface area contributed by atoms with Crippen LogP contribution in [0.1, 0.15) is 11.1 Å². The monoisotopic (exact) mass is 245 g/mol. The smallest absolute Gasteiger partial charge is 0.120 e. The SMILES string of the molecule is CONCc1c(O)ccc(Br)c1C. The molecule has 0 aromatic heterocycles. The number of nitrogens with one attached hydrogen (secondary N) is 1. The molecule has 0 radical (unpaired) electrons. The first-order chi connectivity index (χ1) is 6.16. The Morgan fingerprint density at radius 3 is 2.85 bits per heavy atom. The van der Waals surface area contributed by atoms with E-state index in [2.05, 4.69) is 21.4 Å². The molecular weight excluding hydrogens is 234 g/mol. The molecule has 0 spiro atoms. The lowest BCUT2D eigenvalue weighted by molar-refractivity contribution is 0.0860. The molecule has 72 valence electrons. The fourth-order valence-electron chi connectivity index (χ4n) is 1.08. The second kappa shape index (κ2) is 4.60. The van der Waals surface area contributed by atoms with E-state index in [4.69, 9.17) is 4.84 Å². The molecule has 0 aliphatic carbocycles. The van der Waals surface area contributed by atoms with Gasteiger partial charge in [0.15, 0.2) is 0 Å². The molecule has 1 aromatic carbocycles. The fraction of sp³-hybridized carbons (Fsp3) is 0.333. The lowest BCUT2D eigenvalue weighted by Crippen LogP contribution is -2.12. The van der Waals surface area contributed by atoms with Crippen molar-refractivity contribution in [2.75, 3.05) is 7.11 Å². The van der Waals surface area contributed by atoms with Gasteiger partial charge in [-0.3, -0.25) is 0 Å². The molecule has 0 saturated carbocycles. The van der Waals surface area contributed by atoms with Crippen molar-refractivity contribution in [3.63, 3.8) is 0 Å². The molecule has 1 aromatic rings. The van der Waals surface area contributed by atoms with Crippen LogP contribution in [0.5, 0.6) is 5.75 Å². The molecule has 13 heavy (non-hydrogen) atoms. The minimum atomic E-state index is 0.283. The van der Waals surface area contributed by atoms with Gasteiger partial charge in [0.1, 0.15) is 5.75 Å². The third-order valence-corrected chi connectivity index (χ3v) is 2.76. The van der Waals surface area contributed by atoms with Crippen molar-refractivity contribution in [2.24, 2.45) is 0 Å². The molecule has 0 fully saturated rings. The Hall–Kier alpha value is -0.580. The zero-order valence-electron chi connectivity index (χ0n) is 7.60. The second-order valence-electron chi connectivity index (χ2n) is 2.70. The van der Waals surface area contributed by atoms with Gasteiger partial charge in [0.05, 0.1) is 7.11 Å². The minimum Gasteiger partial charge on any atom is -0.508 e. The first kappa shape index (κ1) is 10.5. The number of halogens is 1. The number of hydrogen-bond donors (Lipinski definition) is 2. The van der Waals surface area contributed by atoms with Gasteiger partial charge in [0.2, 0.25) is 0 Å². The van der Waals surface area contributed by atoms with Crippen molar-refractivity contribution in [2.45, 2.75) is 13.5 Å². The maximum absolute atomic E-state index is 9.53. The Bertz CT molecular complexity index is 302. The third-order valence-electron chi connectivity index (χ3n) is 1.90. The van der Waals surface area contributed by atoms with Crippen LogP contribution >= 0.6 is 15.9 Å². The molecule has 3 nitrogen and oxygen atoms in total. The highest BCUT2D eigenvalue weighted by Gasteiger charge is 2.06. The van der Waals surface area contributed by atoms with E-state index < -0.39 is 0 Å². The number of phenols is 1. The third kappa shape index (κ3) is 2.43. The first-order valence-electron chi connectivity index (χ1n) is 3.89. The molecule has 0 unspecified atom stereocenters. The van der Waals surface area contributed by atoms with Gasteiger partial charge >= 0.3 is 0 Å². The van der Waals surface area contributed by atoms with Gasteiger partial charge in [0, 0.05) is 16.6 Å². The molecule has 0 atom stereocenters. The second-order valence-corrected chi connectivity index (χ2v) is 3.55. The van der Waals surface area contributed by atoms with Gasteiger partial charge in [-0.25, -0.2) is 0 Å². The van der Waals surface area contributed by atoms with Crippen LogP contribution < -0.4 is 5.48 Å². The van der Waals surface area contributed by atoms with Gasteiger partial charge in [0.25, 0.3) is 0 Å². The van der Waals surface area contributed by atoms with E-state index >= 15 is 0 Å². The van der Waals surface area contributed by atoms with Crippen molar-refractivity contribution in [3.8, 4) is 5.75 Å². The zero-order valence-corrected chi connectivity index (χ0v) is 9.18. The Kier molecular flexibility index (Phi) is 3.71. The van der Waals surface area contributed by atoms with Crippen LogP contribution in [-0.2, 0) is 11.4 Å². The van der Waals surface area contributed by atoms with Crippen molar-refractivity contribution in [3.05, 3.63) is 27.7 Å². The summed E-state index contributed by atoms with van der Waals surface area (Å²) in [5, 5.41) is 9.53. The summed E-state index contributed by atoms with van der Waals surface area (Å²) >= 11 is 3.39. The van der Waals surface area contributed by atoms with Crippen molar-refractivity contribution in [1.29, 1.82) is 0 Å². The summed E-state index contributed by atoms with van der Waals surface area (Å²) in [6, 6.07) is 3.48. The fourth-order valence-corrected chi connectivity index (χ4v) is 1.45. The summed E-state index contributed by atoms with van der Waals surface area (Å²) in [6.07, 6.45) is 0. The Morgan fingerprint density at radius 1 is 1.54 bits per heavy atom. The first-order valence-corrected chi connectivity index (χ1v) is 4.69. The average Bonchev–Trinajstić information content (AvgIpc) is 2.12. The number of aromatic hydroxyl groups is 1. The van der Waals surface area contributed by atoms with E-state index in [1.54, 1.807) is 13.2 Å². The Labute approximate surface area is 85.8 Å². The topological polar surface area (TPSA) is 41.5 Å². The maximum Gasteiger partial charge on any atom is 0.120 e. The number of hydrogen-bond acceptors (Lipinski definition) is 3. The quantitative estimate of drug-likeness (QED) is 0.802. The molecule has 0 heterocycles. The largest absolute Gasteiger partial charge is 0.508 e. The van der Waals surface area contributed by atoms with E-state index in [0.29, 0.717) is 6.54 Å². The highest BCUT2D eigenvalue weighted by molar-refractivity contribution is 9.10. The van der Waals surface area contributed by atoms with E-state index in [-0.39, 0.29) is 5.75 Å². The van der Waals surface area contributed by atoms with Gasteiger partial charge < -0.3 is 9.94 Å². The molecule has 0 aliphatic rings. The minimum absolute atomic E-state index is 0.283. The number of phenolic OH excluding ortho intramolecular Hbond substituents is 1. The van der Waals surface area contributed by atoms with Crippen molar-refractivity contribution >= 4 is 15.9 Å². The summed E-state index contributed by atoms with van der Waals surface area (Å²) in [4.78, 5) is 4.72. The summed E-state index contributed by atoms with van der Waals surface area (Å²) in [7, 11) is 1.55. The highest BCUT2D eigenvalue weighted by atomic mass is 79.9. The lowest BCUT2D eigenvalue weighted by Gasteiger charge is -2.09. The standard InChI is InChI=1S/C9H12BrNO2/c1-6-7(5-11-13-2)9(12)4-3-8(6)10/h3-4,11-12H,5H2,1-2H3. The van der Waals surface area contributed by atoms with E-state index in [1.807, 2.05) is 13.0 Å². The molecular formula is C9H12BrNO2. The van der Waals surface area contributed by atoms with Crippen molar-refractivity contribution in [1.82, 2.24) is 5.48 Å². The van der Waals surface area contributed by atoms with E-state index in [1.165, 1.54) is 0 Å². The molecule has 1 rings (SSSR count). The van der Waals surface area contributed by atoms with Crippen LogP contribution in [0.3, 0.4) is 0 Å². The van der Waals surface area contributed by atoms with Gasteiger partial charge in [-0.15, -0.1) is 0 Å². The molecule has 0 amide bonds. The van der Waals surface area contributed by atoms with Crippen LogP contribution in [-0.4, -0.2) is 12.2 Å². The number of benzene rings is 1. The van der Waals surface area contributed by atoms with Crippen molar-refractivity contribution < 1.29 is 9.94 Å². The lowest BCUT2D eigenvalue weighted by atomic mass is 10.1. The predicted molar refractivity (Wildman–Crippen MR) is 54.4 cm³/mol. The van der Waals surface area contributed by atoms with Crippen LogP contribution in [0.4, 0.5) is 0 Å². The molecule has 2 N–H and O–H groups in total.